The molecule has 0 saturated heterocycles. The number of esters is 1. The van der Waals surface area contributed by atoms with E-state index in [1.165, 1.54) is 35.6 Å². The number of nitrogens with one attached hydrogen (secondary N) is 1. The summed E-state index contributed by atoms with van der Waals surface area (Å²) in [5.74, 6) is -0.921. The summed E-state index contributed by atoms with van der Waals surface area (Å²) in [6.45, 7) is 1.91. The van der Waals surface area contributed by atoms with Crippen molar-refractivity contribution in [3.8, 4) is 12.1 Å². The molecule has 0 saturated carbocycles. The Hall–Kier alpha value is -3.25. The van der Waals surface area contributed by atoms with Crippen LogP contribution in [0.25, 0.3) is 0 Å². The van der Waals surface area contributed by atoms with E-state index in [2.05, 4.69) is 5.32 Å². The van der Waals surface area contributed by atoms with E-state index >= 15 is 0 Å². The van der Waals surface area contributed by atoms with Crippen LogP contribution in [-0.2, 0) is 27.6 Å². The van der Waals surface area contributed by atoms with Gasteiger partial charge in [0.25, 0.3) is 5.91 Å². The predicted octanol–water partition coefficient (Wildman–Crippen LogP) is 4.26. The summed E-state index contributed by atoms with van der Waals surface area (Å²) < 4.78 is 32.3. The van der Waals surface area contributed by atoms with Gasteiger partial charge in [-0.15, -0.1) is 11.3 Å². The van der Waals surface area contributed by atoms with Gasteiger partial charge in [0, 0.05) is 36.4 Å². The third-order valence-corrected chi connectivity index (χ3v) is 8.95. The maximum atomic E-state index is 13.0. The Bertz CT molecular complexity index is 1270. The molecular weight excluding hydrogens is 500 g/mol. The molecule has 1 amide bonds. The molecule has 11 heteroatoms. The zero-order chi connectivity index (χ0) is 26.1. The molecule has 0 spiro atoms. The predicted molar refractivity (Wildman–Crippen MR) is 135 cm³/mol. The molecule has 190 valence electrons. The van der Waals surface area contributed by atoms with Gasteiger partial charge >= 0.3 is 5.97 Å². The van der Waals surface area contributed by atoms with Crippen LogP contribution in [0.3, 0.4) is 0 Å². The van der Waals surface area contributed by atoms with E-state index in [0.717, 1.165) is 46.8 Å². The summed E-state index contributed by atoms with van der Waals surface area (Å²) in [5, 5.41) is 20.9. The van der Waals surface area contributed by atoms with Gasteiger partial charge in [-0.05, 0) is 62.4 Å². The van der Waals surface area contributed by atoms with Crippen LogP contribution in [-0.4, -0.2) is 44.3 Å². The summed E-state index contributed by atoms with van der Waals surface area (Å²) in [5.41, 5.74) is 1.59. The molecule has 36 heavy (non-hydrogen) atoms. The molecule has 1 aliphatic carbocycles. The highest BCUT2D eigenvalue weighted by Crippen LogP contribution is 2.38. The molecule has 1 aromatic carbocycles. The Morgan fingerprint density at radius 2 is 1.69 bits per heavy atom. The lowest BCUT2D eigenvalue weighted by Gasteiger charge is -2.20. The molecule has 0 bridgehead atoms. The first-order valence-corrected chi connectivity index (χ1v) is 14.1. The third kappa shape index (κ3) is 6.30. The average Bonchev–Trinajstić information content (AvgIpc) is 3.04. The van der Waals surface area contributed by atoms with Crippen LogP contribution in [0, 0.1) is 22.7 Å². The maximum Gasteiger partial charge on any atom is 0.341 e. The van der Waals surface area contributed by atoms with Crippen molar-refractivity contribution >= 4 is 38.2 Å². The molecule has 0 fully saturated rings. The second-order valence-corrected chi connectivity index (χ2v) is 11.2. The number of nitriles is 2. The number of benzene rings is 1. The topological polar surface area (TPSA) is 140 Å². The lowest BCUT2D eigenvalue weighted by Crippen LogP contribution is -2.32. The van der Waals surface area contributed by atoms with Gasteiger partial charge in [-0.3, -0.25) is 4.79 Å². The summed E-state index contributed by atoms with van der Waals surface area (Å²) in [7, 11) is -3.94. The van der Waals surface area contributed by atoms with Crippen molar-refractivity contribution in [3.63, 3.8) is 0 Å². The van der Waals surface area contributed by atoms with Gasteiger partial charge in [0.1, 0.15) is 5.00 Å². The quantitative estimate of drug-likeness (QED) is 0.359. The highest BCUT2D eigenvalue weighted by molar-refractivity contribution is 7.89. The minimum atomic E-state index is -3.94. The van der Waals surface area contributed by atoms with Crippen LogP contribution in [0.2, 0.25) is 0 Å². The van der Waals surface area contributed by atoms with Gasteiger partial charge < -0.3 is 10.1 Å². The van der Waals surface area contributed by atoms with Crippen LogP contribution >= 0.6 is 11.3 Å². The van der Waals surface area contributed by atoms with E-state index in [-0.39, 0.29) is 43.0 Å². The Morgan fingerprint density at radius 3 is 2.31 bits per heavy atom. The number of nitrogens with zero attached hydrogens (tertiary/aromatic N) is 3. The maximum absolute atomic E-state index is 13.0. The van der Waals surface area contributed by atoms with Crippen molar-refractivity contribution in [2.75, 3.05) is 25.0 Å². The number of sulfonamides is 1. The number of aryl methyl sites for hydroxylation is 1. The molecule has 9 nitrogen and oxygen atoms in total. The highest BCUT2D eigenvalue weighted by Gasteiger charge is 2.28. The number of rotatable bonds is 10. The number of anilines is 1. The number of thiophene rings is 1. The fraction of sp³-hybridized carbons (Fsp3) is 0.440. The zero-order valence-corrected chi connectivity index (χ0v) is 21.7. The third-order valence-electron chi connectivity index (χ3n) is 5.83. The van der Waals surface area contributed by atoms with Gasteiger partial charge in [0.05, 0.1) is 29.2 Å². The van der Waals surface area contributed by atoms with E-state index in [1.54, 1.807) is 6.92 Å². The van der Waals surface area contributed by atoms with E-state index in [1.807, 2.05) is 12.1 Å². The minimum Gasteiger partial charge on any atom is -0.462 e. The van der Waals surface area contributed by atoms with Gasteiger partial charge in [0.2, 0.25) is 10.0 Å². The summed E-state index contributed by atoms with van der Waals surface area (Å²) >= 11 is 1.39. The van der Waals surface area contributed by atoms with E-state index < -0.39 is 21.9 Å². The standard InChI is InChI=1S/C25H28N4O5S2/c1-2-34-25(31)22-20-8-4-3-5-9-21(20)35-24(22)28-23(30)18-10-12-19(13-11-18)36(32,33)29(16-6-14-26)17-7-15-27/h10-13H,2-9,16-17H2,1H3,(H,28,30). The summed E-state index contributed by atoms with van der Waals surface area (Å²) in [6, 6.07) is 9.28. The second kappa shape index (κ2) is 12.6. The Balaban J connectivity index is 1.83. The number of carbonyl (C=O) groups is 2. The lowest BCUT2D eigenvalue weighted by molar-refractivity contribution is 0.0527. The molecule has 1 heterocycles. The molecule has 2 aromatic rings. The Kier molecular flexibility index (Phi) is 9.59. The lowest BCUT2D eigenvalue weighted by atomic mass is 10.1. The fourth-order valence-corrected chi connectivity index (χ4v) is 6.77. The molecule has 0 radical (unpaired) electrons. The molecule has 1 aromatic heterocycles. The summed E-state index contributed by atoms with van der Waals surface area (Å²) in [4.78, 5) is 26.8. The highest BCUT2D eigenvalue weighted by atomic mass is 32.2. The first-order chi connectivity index (χ1) is 17.3. The van der Waals surface area contributed by atoms with Gasteiger partial charge in [0.15, 0.2) is 0 Å². The molecule has 0 aliphatic heterocycles. The fourth-order valence-electron chi connectivity index (χ4n) is 4.05. The number of amides is 1. The van der Waals surface area contributed by atoms with Crippen molar-refractivity contribution in [1.82, 2.24) is 4.31 Å². The number of carbonyl (C=O) groups excluding carboxylic acids is 2. The number of hydrogen-bond acceptors (Lipinski definition) is 8. The van der Waals surface area contributed by atoms with Crippen LogP contribution in [0.1, 0.15) is 70.2 Å². The van der Waals surface area contributed by atoms with Crippen molar-refractivity contribution in [2.45, 2.75) is 56.8 Å². The van der Waals surface area contributed by atoms with E-state index in [4.69, 9.17) is 15.3 Å². The number of hydrogen-bond donors (Lipinski definition) is 1. The number of fused-ring (bicyclic) bond motifs is 1. The number of ether oxygens (including phenoxy) is 1. The van der Waals surface area contributed by atoms with Crippen molar-refractivity contribution in [2.24, 2.45) is 0 Å². The molecule has 1 N–H and O–H groups in total. The summed E-state index contributed by atoms with van der Waals surface area (Å²) in [6.07, 6.45) is 4.69. The SMILES string of the molecule is CCOC(=O)c1c(NC(=O)c2ccc(S(=O)(=O)N(CCC#N)CCC#N)cc2)sc2c1CCCCC2. The first kappa shape index (κ1) is 27.3. The first-order valence-electron chi connectivity index (χ1n) is 11.8. The molecule has 0 unspecified atom stereocenters. The monoisotopic (exact) mass is 528 g/mol. The normalized spacial score (nSPS) is 13.2. The van der Waals surface area contributed by atoms with Crippen LogP contribution in [0.4, 0.5) is 5.00 Å². The van der Waals surface area contributed by atoms with Gasteiger partial charge in [-0.2, -0.15) is 14.8 Å². The van der Waals surface area contributed by atoms with E-state index in [9.17, 15) is 18.0 Å². The second-order valence-electron chi connectivity index (χ2n) is 8.19. The Morgan fingerprint density at radius 1 is 1.06 bits per heavy atom. The molecule has 0 atom stereocenters. The average molecular weight is 529 g/mol. The van der Waals surface area contributed by atoms with Crippen LogP contribution < -0.4 is 5.32 Å². The van der Waals surface area contributed by atoms with Gasteiger partial charge in [-0.1, -0.05) is 6.42 Å². The van der Waals surface area contributed by atoms with Gasteiger partial charge in [-0.25, -0.2) is 13.2 Å². The minimum absolute atomic E-state index is 0.00125. The molecular formula is C25H28N4O5S2. The largest absolute Gasteiger partial charge is 0.462 e. The Labute approximate surface area is 215 Å². The van der Waals surface area contributed by atoms with Crippen LogP contribution in [0.5, 0.6) is 0 Å². The molecule has 1 aliphatic rings. The smallest absolute Gasteiger partial charge is 0.341 e. The van der Waals surface area contributed by atoms with E-state index in [0.29, 0.717) is 10.6 Å². The molecule has 3 rings (SSSR count). The zero-order valence-electron chi connectivity index (χ0n) is 20.1. The van der Waals surface area contributed by atoms with Crippen LogP contribution in [0.15, 0.2) is 29.2 Å². The van der Waals surface area contributed by atoms with Crippen molar-refractivity contribution in [3.05, 3.63) is 45.8 Å². The van der Waals surface area contributed by atoms with Crippen molar-refractivity contribution in [1.29, 1.82) is 10.5 Å². The van der Waals surface area contributed by atoms with Crippen molar-refractivity contribution < 1.29 is 22.7 Å².